The fraction of sp³-hybridized carbons (Fsp3) is 0.182. The van der Waals surface area contributed by atoms with Gasteiger partial charge in [-0.05, 0) is 47.2 Å². The van der Waals surface area contributed by atoms with Crippen LogP contribution in [0.5, 0.6) is 5.75 Å². The van der Waals surface area contributed by atoms with Gasteiger partial charge in [-0.3, -0.25) is 9.59 Å². The van der Waals surface area contributed by atoms with Crippen molar-refractivity contribution in [1.82, 2.24) is 9.80 Å². The van der Waals surface area contributed by atoms with Gasteiger partial charge < -0.3 is 14.9 Å². The molecule has 1 aliphatic rings. The number of fused-ring (bicyclic) bond motifs is 1. The van der Waals surface area contributed by atoms with Crippen LogP contribution in [0.3, 0.4) is 0 Å². The summed E-state index contributed by atoms with van der Waals surface area (Å²) in [6.45, 7) is 1.73. The van der Waals surface area contributed by atoms with Crippen LogP contribution in [0.2, 0.25) is 5.02 Å². The lowest BCUT2D eigenvalue weighted by atomic mass is 10.0. The van der Waals surface area contributed by atoms with Crippen LogP contribution in [-0.4, -0.2) is 52.9 Å². The summed E-state index contributed by atoms with van der Waals surface area (Å²) < 4.78 is 0. The summed E-state index contributed by atoms with van der Waals surface area (Å²) in [7, 11) is 0. The number of hydrogen-bond donors (Lipinski definition) is 1. The van der Waals surface area contributed by atoms with Crippen molar-refractivity contribution < 1.29 is 14.7 Å². The Morgan fingerprint density at radius 3 is 1.93 bits per heavy atom. The molecule has 1 fully saturated rings. The smallest absolute Gasteiger partial charge is 0.257 e. The molecule has 5 nitrogen and oxygen atoms in total. The monoisotopic (exact) mass is 394 g/mol. The molecule has 1 aliphatic heterocycles. The molecule has 0 saturated carbocycles. The van der Waals surface area contributed by atoms with Gasteiger partial charge in [0, 0.05) is 36.8 Å². The average Bonchev–Trinajstić information content (AvgIpc) is 2.73. The number of phenolic OH excluding ortho intramolecular Hbond substituents is 1. The van der Waals surface area contributed by atoms with Crippen LogP contribution in [-0.2, 0) is 0 Å². The minimum Gasteiger partial charge on any atom is -0.507 e. The second-order valence-electron chi connectivity index (χ2n) is 6.81. The molecule has 6 heteroatoms. The Kier molecular flexibility index (Phi) is 4.92. The summed E-state index contributed by atoms with van der Waals surface area (Å²) in [5.74, 6) is -0.317. The van der Waals surface area contributed by atoms with E-state index in [0.29, 0.717) is 36.8 Å². The van der Waals surface area contributed by atoms with E-state index in [1.807, 2.05) is 24.3 Å². The Labute approximate surface area is 167 Å². The van der Waals surface area contributed by atoms with Crippen LogP contribution in [0.4, 0.5) is 0 Å². The van der Waals surface area contributed by atoms with E-state index in [1.165, 1.54) is 0 Å². The number of aromatic hydroxyl groups is 1. The number of nitrogens with zero attached hydrogens (tertiary/aromatic N) is 2. The Balaban J connectivity index is 1.46. The van der Waals surface area contributed by atoms with E-state index in [1.54, 1.807) is 46.2 Å². The van der Waals surface area contributed by atoms with Crippen LogP contribution in [0.1, 0.15) is 20.7 Å². The first-order valence-corrected chi connectivity index (χ1v) is 9.46. The molecule has 1 heterocycles. The fourth-order valence-corrected chi connectivity index (χ4v) is 3.58. The molecular formula is C22H19ClN2O3. The predicted molar refractivity (Wildman–Crippen MR) is 109 cm³/mol. The van der Waals surface area contributed by atoms with Crippen LogP contribution in [0.15, 0.2) is 60.7 Å². The quantitative estimate of drug-likeness (QED) is 0.719. The van der Waals surface area contributed by atoms with Crippen molar-refractivity contribution >= 4 is 34.2 Å². The average molecular weight is 395 g/mol. The largest absolute Gasteiger partial charge is 0.507 e. The van der Waals surface area contributed by atoms with E-state index in [9.17, 15) is 14.7 Å². The van der Waals surface area contributed by atoms with Gasteiger partial charge in [0.25, 0.3) is 11.8 Å². The maximum absolute atomic E-state index is 12.9. The third-order valence-electron chi connectivity index (χ3n) is 5.04. The number of phenols is 1. The summed E-state index contributed by atoms with van der Waals surface area (Å²) >= 11 is 5.87. The van der Waals surface area contributed by atoms with Crippen LogP contribution in [0, 0.1) is 0 Å². The number of carbonyl (C=O) groups excluding carboxylic acids is 2. The zero-order valence-electron chi connectivity index (χ0n) is 15.1. The first-order chi connectivity index (χ1) is 13.5. The Morgan fingerprint density at radius 2 is 1.32 bits per heavy atom. The number of amides is 2. The summed E-state index contributed by atoms with van der Waals surface area (Å²) in [5, 5.41) is 12.7. The highest BCUT2D eigenvalue weighted by Crippen LogP contribution is 2.26. The first kappa shape index (κ1) is 18.3. The summed E-state index contributed by atoms with van der Waals surface area (Å²) in [6, 6.07) is 17.7. The molecule has 1 N–H and O–H groups in total. The highest BCUT2D eigenvalue weighted by atomic mass is 35.5. The maximum Gasteiger partial charge on any atom is 0.257 e. The molecule has 142 valence electrons. The van der Waals surface area contributed by atoms with Crippen molar-refractivity contribution in [2.75, 3.05) is 26.2 Å². The zero-order valence-corrected chi connectivity index (χ0v) is 15.9. The van der Waals surface area contributed by atoms with Crippen molar-refractivity contribution in [3.8, 4) is 5.75 Å². The number of carbonyl (C=O) groups is 2. The van der Waals surface area contributed by atoms with Crippen LogP contribution >= 0.6 is 11.6 Å². The molecule has 0 unspecified atom stereocenters. The minimum atomic E-state index is -0.221. The lowest BCUT2D eigenvalue weighted by molar-refractivity contribution is 0.0534. The van der Waals surface area contributed by atoms with Crippen LogP contribution < -0.4 is 0 Å². The normalized spacial score (nSPS) is 14.3. The van der Waals surface area contributed by atoms with Crippen LogP contribution in [0.25, 0.3) is 10.8 Å². The second kappa shape index (κ2) is 7.52. The van der Waals surface area contributed by atoms with Crippen molar-refractivity contribution in [3.05, 3.63) is 76.8 Å². The van der Waals surface area contributed by atoms with E-state index in [0.717, 1.165) is 10.8 Å². The van der Waals surface area contributed by atoms with Gasteiger partial charge in [-0.25, -0.2) is 0 Å². The molecule has 0 aliphatic carbocycles. The van der Waals surface area contributed by atoms with Crippen molar-refractivity contribution in [1.29, 1.82) is 0 Å². The molecule has 4 rings (SSSR count). The second-order valence-corrected chi connectivity index (χ2v) is 7.24. The van der Waals surface area contributed by atoms with E-state index in [4.69, 9.17) is 11.6 Å². The molecule has 0 radical (unpaired) electrons. The van der Waals surface area contributed by atoms with Crippen molar-refractivity contribution in [3.63, 3.8) is 0 Å². The molecule has 0 spiro atoms. The van der Waals surface area contributed by atoms with Gasteiger partial charge in [0.05, 0.1) is 5.56 Å². The van der Waals surface area contributed by atoms with Crippen molar-refractivity contribution in [2.24, 2.45) is 0 Å². The lowest BCUT2D eigenvalue weighted by Crippen LogP contribution is -2.50. The van der Waals surface area contributed by atoms with Crippen molar-refractivity contribution in [2.45, 2.75) is 0 Å². The molecule has 0 atom stereocenters. The molecular weight excluding hydrogens is 376 g/mol. The standard InChI is InChI=1S/C22H19ClN2O3/c23-18-7-5-15(6-8-18)21(27)24-9-11-25(12-10-24)22(28)19-13-16-3-1-2-4-17(16)14-20(19)26/h1-8,13-14,26H,9-12H2. The summed E-state index contributed by atoms with van der Waals surface area (Å²) in [4.78, 5) is 28.9. The van der Waals surface area contributed by atoms with E-state index in [2.05, 4.69) is 0 Å². The summed E-state index contributed by atoms with van der Waals surface area (Å²) in [5.41, 5.74) is 0.868. The van der Waals surface area contributed by atoms with Gasteiger partial charge in [0.2, 0.25) is 0 Å². The first-order valence-electron chi connectivity index (χ1n) is 9.09. The van der Waals surface area contributed by atoms with Gasteiger partial charge in [-0.15, -0.1) is 0 Å². The van der Waals surface area contributed by atoms with E-state index in [-0.39, 0.29) is 23.1 Å². The van der Waals surface area contributed by atoms with Gasteiger partial charge in [-0.2, -0.15) is 0 Å². The maximum atomic E-state index is 12.9. The minimum absolute atomic E-state index is 0.0247. The Bertz CT molecular complexity index is 1040. The summed E-state index contributed by atoms with van der Waals surface area (Å²) in [6.07, 6.45) is 0. The Hall–Kier alpha value is -3.05. The number of piperazine rings is 1. The topological polar surface area (TPSA) is 60.9 Å². The van der Waals surface area contributed by atoms with Gasteiger partial charge >= 0.3 is 0 Å². The lowest BCUT2D eigenvalue weighted by Gasteiger charge is -2.35. The van der Waals surface area contributed by atoms with Gasteiger partial charge in [0.15, 0.2) is 0 Å². The highest BCUT2D eigenvalue weighted by Gasteiger charge is 2.27. The van der Waals surface area contributed by atoms with Gasteiger partial charge in [0.1, 0.15) is 5.75 Å². The molecule has 2 amide bonds. The van der Waals surface area contributed by atoms with Gasteiger partial charge in [-0.1, -0.05) is 35.9 Å². The number of hydrogen-bond acceptors (Lipinski definition) is 3. The molecule has 0 bridgehead atoms. The molecule has 1 saturated heterocycles. The number of benzene rings is 3. The molecule has 28 heavy (non-hydrogen) atoms. The number of halogens is 1. The zero-order chi connectivity index (χ0) is 19.7. The van der Waals surface area contributed by atoms with E-state index >= 15 is 0 Å². The number of rotatable bonds is 2. The Morgan fingerprint density at radius 1 is 0.786 bits per heavy atom. The fourth-order valence-electron chi connectivity index (χ4n) is 3.46. The van der Waals surface area contributed by atoms with E-state index < -0.39 is 0 Å². The molecule has 3 aromatic carbocycles. The molecule has 0 aromatic heterocycles. The predicted octanol–water partition coefficient (Wildman–Crippen LogP) is 3.80. The highest BCUT2D eigenvalue weighted by molar-refractivity contribution is 6.30. The SMILES string of the molecule is O=C(c1ccc(Cl)cc1)N1CCN(C(=O)c2cc3ccccc3cc2O)CC1. The molecule has 3 aromatic rings. The third-order valence-corrected chi connectivity index (χ3v) is 5.29. The third kappa shape index (κ3) is 3.53.